The summed E-state index contributed by atoms with van der Waals surface area (Å²) in [6.45, 7) is 3.61. The highest BCUT2D eigenvalue weighted by Gasteiger charge is 2.30. The summed E-state index contributed by atoms with van der Waals surface area (Å²) in [6, 6.07) is 13.4. The highest BCUT2D eigenvalue weighted by molar-refractivity contribution is 7.92. The van der Waals surface area contributed by atoms with Crippen molar-refractivity contribution >= 4 is 27.5 Å². The van der Waals surface area contributed by atoms with E-state index < -0.39 is 28.5 Å². The van der Waals surface area contributed by atoms with E-state index in [0.29, 0.717) is 18.7 Å². The molecule has 2 aromatic carbocycles. The molecule has 186 valence electrons. The van der Waals surface area contributed by atoms with Gasteiger partial charge in [0, 0.05) is 19.2 Å². The Kier molecular flexibility index (Phi) is 9.73. The second kappa shape index (κ2) is 12.3. The molecule has 2 aromatic rings. The Balaban J connectivity index is 2.37. The number of nitrogens with zero attached hydrogens (tertiary/aromatic N) is 2. The lowest BCUT2D eigenvalue weighted by molar-refractivity contribution is -0.138. The number of nitrogens with one attached hydrogen (secondary N) is 1. The highest BCUT2D eigenvalue weighted by Crippen LogP contribution is 2.33. The Morgan fingerprint density at radius 1 is 1.06 bits per heavy atom. The SMILES string of the molecule is CCNC(=O)[C@H](C)N(CCc1ccccc1)C(=O)CN(c1ccc(OC)cc1OC)S(C)(=O)=O. The second-order valence-electron chi connectivity index (χ2n) is 7.70. The van der Waals surface area contributed by atoms with Gasteiger partial charge in [-0.3, -0.25) is 13.9 Å². The fraction of sp³-hybridized carbons (Fsp3) is 0.417. The zero-order chi connectivity index (χ0) is 25.3. The number of carbonyl (C=O) groups excluding carboxylic acids is 2. The summed E-state index contributed by atoms with van der Waals surface area (Å²) in [5.41, 5.74) is 1.20. The van der Waals surface area contributed by atoms with Gasteiger partial charge in [-0.2, -0.15) is 0 Å². The molecule has 0 fully saturated rings. The van der Waals surface area contributed by atoms with E-state index in [0.717, 1.165) is 16.1 Å². The number of methoxy groups -OCH3 is 2. The van der Waals surface area contributed by atoms with Crippen LogP contribution in [-0.4, -0.2) is 71.3 Å². The average Bonchev–Trinajstić information content (AvgIpc) is 2.82. The fourth-order valence-electron chi connectivity index (χ4n) is 3.48. The minimum absolute atomic E-state index is 0.202. The molecule has 2 amide bonds. The van der Waals surface area contributed by atoms with Crippen LogP contribution in [-0.2, 0) is 26.0 Å². The molecular weight excluding hydrogens is 458 g/mol. The summed E-state index contributed by atoms with van der Waals surface area (Å²) in [7, 11) is -0.965. The van der Waals surface area contributed by atoms with E-state index in [9.17, 15) is 18.0 Å². The first-order chi connectivity index (χ1) is 16.1. The van der Waals surface area contributed by atoms with Crippen LogP contribution in [0.1, 0.15) is 19.4 Å². The zero-order valence-corrected chi connectivity index (χ0v) is 21.1. The van der Waals surface area contributed by atoms with Gasteiger partial charge in [-0.25, -0.2) is 8.42 Å². The quantitative estimate of drug-likeness (QED) is 0.487. The predicted molar refractivity (Wildman–Crippen MR) is 132 cm³/mol. The smallest absolute Gasteiger partial charge is 0.244 e. The van der Waals surface area contributed by atoms with Crippen molar-refractivity contribution in [1.29, 1.82) is 0 Å². The third-order valence-corrected chi connectivity index (χ3v) is 6.46. The lowest BCUT2D eigenvalue weighted by Crippen LogP contribution is -2.52. The molecule has 10 heteroatoms. The molecule has 2 rings (SSSR count). The molecule has 0 unspecified atom stereocenters. The maximum Gasteiger partial charge on any atom is 0.244 e. The summed E-state index contributed by atoms with van der Waals surface area (Å²) in [5.74, 6) is -0.0882. The van der Waals surface area contributed by atoms with Crippen molar-refractivity contribution in [3.8, 4) is 11.5 Å². The van der Waals surface area contributed by atoms with Gasteiger partial charge in [0.25, 0.3) is 0 Å². The summed E-state index contributed by atoms with van der Waals surface area (Å²) >= 11 is 0. The number of likely N-dealkylation sites (N-methyl/N-ethyl adjacent to an activating group) is 1. The third-order valence-electron chi connectivity index (χ3n) is 5.34. The Hall–Kier alpha value is -3.27. The first-order valence-corrected chi connectivity index (χ1v) is 12.8. The van der Waals surface area contributed by atoms with Crippen LogP contribution in [0.2, 0.25) is 0 Å². The molecule has 0 bridgehead atoms. The monoisotopic (exact) mass is 491 g/mol. The topological polar surface area (TPSA) is 105 Å². The van der Waals surface area contributed by atoms with E-state index in [1.54, 1.807) is 26.0 Å². The molecule has 0 aliphatic heterocycles. The number of hydrogen-bond acceptors (Lipinski definition) is 6. The molecule has 0 saturated carbocycles. The normalized spacial score (nSPS) is 11.9. The van der Waals surface area contributed by atoms with Crippen LogP contribution in [0.15, 0.2) is 48.5 Å². The minimum atomic E-state index is -3.86. The minimum Gasteiger partial charge on any atom is -0.497 e. The number of ether oxygens (including phenoxy) is 2. The second-order valence-corrected chi connectivity index (χ2v) is 9.61. The van der Waals surface area contributed by atoms with Crippen LogP contribution in [0, 0.1) is 0 Å². The van der Waals surface area contributed by atoms with Gasteiger partial charge in [0.05, 0.1) is 26.2 Å². The van der Waals surface area contributed by atoms with Crippen LogP contribution >= 0.6 is 0 Å². The summed E-state index contributed by atoms with van der Waals surface area (Å²) in [5, 5.41) is 2.73. The van der Waals surface area contributed by atoms with Gasteiger partial charge in [0.2, 0.25) is 21.8 Å². The van der Waals surface area contributed by atoms with Crippen molar-refractivity contribution in [1.82, 2.24) is 10.2 Å². The van der Waals surface area contributed by atoms with Gasteiger partial charge >= 0.3 is 0 Å². The van der Waals surface area contributed by atoms with Crippen molar-refractivity contribution in [3.05, 3.63) is 54.1 Å². The van der Waals surface area contributed by atoms with E-state index in [1.807, 2.05) is 30.3 Å². The van der Waals surface area contributed by atoms with Crippen LogP contribution < -0.4 is 19.1 Å². The van der Waals surface area contributed by atoms with Crippen molar-refractivity contribution in [2.24, 2.45) is 0 Å². The van der Waals surface area contributed by atoms with E-state index in [1.165, 1.54) is 25.2 Å². The lowest BCUT2D eigenvalue weighted by atomic mass is 10.1. The Bertz CT molecular complexity index is 1080. The van der Waals surface area contributed by atoms with Crippen molar-refractivity contribution < 1.29 is 27.5 Å². The van der Waals surface area contributed by atoms with Gasteiger partial charge in [-0.15, -0.1) is 0 Å². The third kappa shape index (κ3) is 7.11. The standard InChI is InChI=1S/C24H33N3O6S/c1-6-25-24(29)18(2)26(15-14-19-10-8-7-9-11-19)23(28)17-27(34(5,30)31)21-13-12-20(32-3)16-22(21)33-4/h7-13,16,18H,6,14-15,17H2,1-5H3,(H,25,29)/t18-/m0/s1. The molecule has 0 saturated heterocycles. The van der Waals surface area contributed by atoms with Crippen molar-refractivity contribution in [2.75, 3.05) is 44.4 Å². The average molecular weight is 492 g/mol. The maximum absolute atomic E-state index is 13.4. The number of carbonyl (C=O) groups is 2. The molecule has 0 aliphatic rings. The fourth-order valence-corrected chi connectivity index (χ4v) is 4.33. The molecule has 1 N–H and O–H groups in total. The van der Waals surface area contributed by atoms with Crippen LogP contribution in [0.25, 0.3) is 0 Å². The largest absolute Gasteiger partial charge is 0.497 e. The lowest BCUT2D eigenvalue weighted by Gasteiger charge is -2.31. The van der Waals surface area contributed by atoms with Gasteiger partial charge in [-0.1, -0.05) is 30.3 Å². The van der Waals surface area contributed by atoms with Gasteiger partial charge in [-0.05, 0) is 38.0 Å². The van der Waals surface area contributed by atoms with Crippen LogP contribution in [0.5, 0.6) is 11.5 Å². The van der Waals surface area contributed by atoms with Gasteiger partial charge in [0.1, 0.15) is 24.1 Å². The molecular formula is C24H33N3O6S. The highest BCUT2D eigenvalue weighted by atomic mass is 32.2. The number of anilines is 1. The molecule has 0 spiro atoms. The number of benzene rings is 2. The van der Waals surface area contributed by atoms with Gasteiger partial charge < -0.3 is 19.7 Å². The number of rotatable bonds is 12. The molecule has 34 heavy (non-hydrogen) atoms. The van der Waals surface area contributed by atoms with Crippen molar-refractivity contribution in [2.45, 2.75) is 26.3 Å². The van der Waals surface area contributed by atoms with Crippen LogP contribution in [0.4, 0.5) is 5.69 Å². The van der Waals surface area contributed by atoms with Gasteiger partial charge in [0.15, 0.2) is 0 Å². The molecule has 0 aromatic heterocycles. The van der Waals surface area contributed by atoms with Crippen molar-refractivity contribution in [3.63, 3.8) is 0 Å². The summed E-state index contributed by atoms with van der Waals surface area (Å²) < 4.78 is 36.9. The first kappa shape index (κ1) is 27.0. The molecule has 1 atom stereocenters. The molecule has 0 aliphatic carbocycles. The molecule has 0 radical (unpaired) electrons. The Morgan fingerprint density at radius 2 is 1.74 bits per heavy atom. The number of amides is 2. The van der Waals surface area contributed by atoms with Crippen LogP contribution in [0.3, 0.4) is 0 Å². The van der Waals surface area contributed by atoms with E-state index in [-0.39, 0.29) is 23.9 Å². The molecule has 0 heterocycles. The van der Waals surface area contributed by atoms with E-state index in [2.05, 4.69) is 5.32 Å². The van der Waals surface area contributed by atoms with E-state index in [4.69, 9.17) is 9.47 Å². The number of hydrogen-bond donors (Lipinski definition) is 1. The summed E-state index contributed by atoms with van der Waals surface area (Å²) in [6.07, 6.45) is 1.53. The Morgan fingerprint density at radius 3 is 2.29 bits per heavy atom. The zero-order valence-electron chi connectivity index (χ0n) is 20.3. The number of sulfonamides is 1. The first-order valence-electron chi connectivity index (χ1n) is 10.9. The summed E-state index contributed by atoms with van der Waals surface area (Å²) in [4.78, 5) is 27.4. The maximum atomic E-state index is 13.4. The van der Waals surface area contributed by atoms with E-state index >= 15 is 0 Å². The molecule has 9 nitrogen and oxygen atoms in total. The predicted octanol–water partition coefficient (Wildman–Crippen LogP) is 2.07. The Labute approximate surface area is 201 Å².